The molecular weight excluding hydrogens is 358 g/mol. The number of nitrogens with one attached hydrogen (secondary N) is 3. The van der Waals surface area contributed by atoms with Crippen LogP contribution in [-0.2, 0) is 4.79 Å². The van der Waals surface area contributed by atoms with Gasteiger partial charge in [0, 0.05) is 49.3 Å². The number of nitrogens with zero attached hydrogens (tertiary/aromatic N) is 2. The van der Waals surface area contributed by atoms with Gasteiger partial charge in [-0.1, -0.05) is 18.2 Å². The van der Waals surface area contributed by atoms with Gasteiger partial charge in [0.25, 0.3) is 5.91 Å². The predicted molar refractivity (Wildman–Crippen MR) is 107 cm³/mol. The monoisotopic (exact) mass is 385 g/mol. The molecule has 4 amide bonds. The number of benzene rings is 1. The SMILES string of the molecule is CC(C)NC(=O)C(C)NC(=O)N1CCN(C(=O)c2c[nH]c3ccccc23)CC1. The molecule has 1 aromatic carbocycles. The summed E-state index contributed by atoms with van der Waals surface area (Å²) in [7, 11) is 0. The Morgan fingerprint density at radius 1 is 0.964 bits per heavy atom. The number of aromatic amines is 1. The lowest BCUT2D eigenvalue weighted by atomic mass is 10.1. The summed E-state index contributed by atoms with van der Waals surface area (Å²) < 4.78 is 0. The molecule has 0 saturated carbocycles. The third-order valence-electron chi connectivity index (χ3n) is 4.84. The summed E-state index contributed by atoms with van der Waals surface area (Å²) in [5, 5.41) is 6.39. The maximum absolute atomic E-state index is 12.9. The van der Waals surface area contributed by atoms with Gasteiger partial charge in [0.15, 0.2) is 0 Å². The van der Waals surface area contributed by atoms with Crippen molar-refractivity contribution in [2.75, 3.05) is 26.2 Å². The zero-order valence-corrected chi connectivity index (χ0v) is 16.5. The number of hydrogen-bond acceptors (Lipinski definition) is 3. The Morgan fingerprint density at radius 3 is 2.29 bits per heavy atom. The molecule has 0 bridgehead atoms. The lowest BCUT2D eigenvalue weighted by Crippen LogP contribution is -2.56. The molecule has 2 heterocycles. The first-order chi connectivity index (χ1) is 13.4. The number of fused-ring (bicyclic) bond motifs is 1. The van der Waals surface area contributed by atoms with Gasteiger partial charge in [0.2, 0.25) is 5.91 Å². The van der Waals surface area contributed by atoms with Gasteiger partial charge >= 0.3 is 6.03 Å². The molecule has 1 aliphatic heterocycles. The van der Waals surface area contributed by atoms with Crippen LogP contribution >= 0.6 is 0 Å². The maximum Gasteiger partial charge on any atom is 0.318 e. The summed E-state index contributed by atoms with van der Waals surface area (Å²) >= 11 is 0. The van der Waals surface area contributed by atoms with Gasteiger partial charge in [-0.25, -0.2) is 4.79 Å². The van der Waals surface area contributed by atoms with Gasteiger partial charge in [-0.2, -0.15) is 0 Å². The molecule has 0 radical (unpaired) electrons. The van der Waals surface area contributed by atoms with Crippen LogP contribution in [0.5, 0.6) is 0 Å². The average Bonchev–Trinajstić information content (AvgIpc) is 3.11. The van der Waals surface area contributed by atoms with E-state index in [1.807, 2.05) is 38.1 Å². The third kappa shape index (κ3) is 4.27. The van der Waals surface area contributed by atoms with E-state index in [-0.39, 0.29) is 23.9 Å². The summed E-state index contributed by atoms with van der Waals surface area (Å²) in [5.74, 6) is -0.251. The van der Waals surface area contributed by atoms with Gasteiger partial charge in [-0.05, 0) is 26.8 Å². The van der Waals surface area contributed by atoms with E-state index < -0.39 is 6.04 Å². The number of hydrogen-bond donors (Lipinski definition) is 3. The Kier molecular flexibility index (Phi) is 5.87. The molecule has 1 aliphatic rings. The van der Waals surface area contributed by atoms with Crippen LogP contribution in [0.25, 0.3) is 10.9 Å². The standard InChI is InChI=1S/C20H27N5O3/c1-13(2)22-18(26)14(3)23-20(28)25-10-8-24(9-11-25)19(27)16-12-21-17-7-5-4-6-15(16)17/h4-7,12-14,21H,8-11H2,1-3H3,(H,22,26)(H,23,28). The van der Waals surface area contributed by atoms with E-state index in [0.717, 1.165) is 10.9 Å². The van der Waals surface area contributed by atoms with Crippen LogP contribution < -0.4 is 10.6 Å². The van der Waals surface area contributed by atoms with Crippen LogP contribution in [-0.4, -0.2) is 70.9 Å². The van der Waals surface area contributed by atoms with Crippen molar-refractivity contribution in [1.29, 1.82) is 0 Å². The summed E-state index contributed by atoms with van der Waals surface area (Å²) in [4.78, 5) is 43.7. The Hall–Kier alpha value is -3.03. The molecule has 8 heteroatoms. The average molecular weight is 385 g/mol. The van der Waals surface area contributed by atoms with Crippen molar-refractivity contribution in [1.82, 2.24) is 25.4 Å². The highest BCUT2D eigenvalue weighted by Gasteiger charge is 2.27. The minimum Gasteiger partial charge on any atom is -0.360 e. The molecule has 1 atom stereocenters. The van der Waals surface area contributed by atoms with E-state index in [1.165, 1.54) is 0 Å². The van der Waals surface area contributed by atoms with Gasteiger partial charge in [0.1, 0.15) is 6.04 Å². The van der Waals surface area contributed by atoms with Crippen molar-refractivity contribution in [2.45, 2.75) is 32.9 Å². The first-order valence-electron chi connectivity index (χ1n) is 9.58. The van der Waals surface area contributed by atoms with Gasteiger partial charge in [-0.3, -0.25) is 9.59 Å². The molecule has 28 heavy (non-hydrogen) atoms. The molecule has 8 nitrogen and oxygen atoms in total. The first-order valence-corrected chi connectivity index (χ1v) is 9.58. The number of amides is 4. The van der Waals surface area contributed by atoms with Crippen molar-refractivity contribution < 1.29 is 14.4 Å². The first kappa shape index (κ1) is 19.7. The summed E-state index contributed by atoms with van der Waals surface area (Å²) in [6, 6.07) is 6.81. The summed E-state index contributed by atoms with van der Waals surface area (Å²) in [5.41, 5.74) is 1.57. The second-order valence-corrected chi connectivity index (χ2v) is 7.36. The Labute approximate surface area is 164 Å². The number of carbonyl (C=O) groups is 3. The Balaban J connectivity index is 1.54. The van der Waals surface area contributed by atoms with E-state index in [9.17, 15) is 14.4 Å². The molecule has 2 aromatic rings. The van der Waals surface area contributed by atoms with E-state index in [4.69, 9.17) is 0 Å². The minimum absolute atomic E-state index is 0.0194. The Morgan fingerprint density at radius 2 is 1.61 bits per heavy atom. The summed E-state index contributed by atoms with van der Waals surface area (Å²) in [6.45, 7) is 7.17. The van der Waals surface area contributed by atoms with E-state index in [0.29, 0.717) is 31.7 Å². The van der Waals surface area contributed by atoms with Gasteiger partial charge < -0.3 is 25.4 Å². The Bertz CT molecular complexity index is 868. The topological polar surface area (TPSA) is 97.5 Å². The fraction of sp³-hybridized carbons (Fsp3) is 0.450. The highest BCUT2D eigenvalue weighted by Crippen LogP contribution is 2.20. The number of rotatable bonds is 4. The molecule has 3 N–H and O–H groups in total. The van der Waals surface area contributed by atoms with Crippen molar-refractivity contribution in [3.05, 3.63) is 36.0 Å². The second kappa shape index (κ2) is 8.33. The van der Waals surface area contributed by atoms with Crippen LogP contribution in [0.1, 0.15) is 31.1 Å². The van der Waals surface area contributed by atoms with Crippen molar-refractivity contribution in [3.63, 3.8) is 0 Å². The number of H-pyrrole nitrogens is 1. The number of carbonyl (C=O) groups excluding carboxylic acids is 3. The fourth-order valence-corrected chi connectivity index (χ4v) is 3.28. The molecular formula is C20H27N5O3. The van der Waals surface area contributed by atoms with E-state index >= 15 is 0 Å². The normalized spacial score (nSPS) is 15.6. The molecule has 3 rings (SSSR count). The fourth-order valence-electron chi connectivity index (χ4n) is 3.28. The molecule has 150 valence electrons. The number of urea groups is 1. The zero-order chi connectivity index (χ0) is 20.3. The van der Waals surface area contributed by atoms with Crippen LogP contribution in [0, 0.1) is 0 Å². The quantitative estimate of drug-likeness (QED) is 0.745. The number of para-hydroxylation sites is 1. The van der Waals surface area contributed by atoms with Gasteiger partial charge in [-0.15, -0.1) is 0 Å². The molecule has 1 fully saturated rings. The van der Waals surface area contributed by atoms with Crippen LogP contribution in [0.3, 0.4) is 0 Å². The minimum atomic E-state index is -0.610. The highest BCUT2D eigenvalue weighted by atomic mass is 16.2. The number of piperazine rings is 1. The van der Waals surface area contributed by atoms with Crippen LogP contribution in [0.2, 0.25) is 0 Å². The second-order valence-electron chi connectivity index (χ2n) is 7.36. The van der Waals surface area contributed by atoms with Crippen LogP contribution in [0.15, 0.2) is 30.5 Å². The van der Waals surface area contributed by atoms with E-state index in [1.54, 1.807) is 22.9 Å². The van der Waals surface area contributed by atoms with E-state index in [2.05, 4.69) is 15.6 Å². The van der Waals surface area contributed by atoms with Gasteiger partial charge in [0.05, 0.1) is 5.56 Å². The summed E-state index contributed by atoms with van der Waals surface area (Å²) in [6.07, 6.45) is 1.74. The predicted octanol–water partition coefficient (Wildman–Crippen LogP) is 1.55. The maximum atomic E-state index is 12.9. The largest absolute Gasteiger partial charge is 0.360 e. The molecule has 0 spiro atoms. The third-order valence-corrected chi connectivity index (χ3v) is 4.84. The molecule has 1 aromatic heterocycles. The smallest absolute Gasteiger partial charge is 0.318 e. The number of aromatic nitrogens is 1. The molecule has 0 aliphatic carbocycles. The molecule has 1 saturated heterocycles. The van der Waals surface area contributed by atoms with Crippen molar-refractivity contribution >= 4 is 28.7 Å². The molecule has 1 unspecified atom stereocenters. The lowest BCUT2D eigenvalue weighted by molar-refractivity contribution is -0.123. The van der Waals surface area contributed by atoms with Crippen LogP contribution in [0.4, 0.5) is 4.79 Å². The lowest BCUT2D eigenvalue weighted by Gasteiger charge is -2.35. The van der Waals surface area contributed by atoms with Crippen molar-refractivity contribution in [3.8, 4) is 0 Å². The highest BCUT2D eigenvalue weighted by molar-refractivity contribution is 6.06. The van der Waals surface area contributed by atoms with Crippen molar-refractivity contribution in [2.24, 2.45) is 0 Å². The zero-order valence-electron chi connectivity index (χ0n) is 16.5.